The second-order valence-electron chi connectivity index (χ2n) is 5.65. The van der Waals surface area contributed by atoms with Crippen molar-refractivity contribution in [3.05, 3.63) is 40.9 Å². The maximum absolute atomic E-state index is 12.6. The number of rotatable bonds is 5. The van der Waals surface area contributed by atoms with Gasteiger partial charge >= 0.3 is 5.97 Å². The first-order valence-electron chi connectivity index (χ1n) is 7.43. The molecule has 2 atom stereocenters. The molecule has 1 heterocycles. The third-order valence-electron chi connectivity index (χ3n) is 3.74. The van der Waals surface area contributed by atoms with E-state index in [1.165, 1.54) is 11.8 Å². The van der Waals surface area contributed by atoms with Crippen LogP contribution in [0.1, 0.15) is 19.4 Å². The second kappa shape index (κ2) is 7.85. The van der Waals surface area contributed by atoms with E-state index < -0.39 is 17.9 Å². The van der Waals surface area contributed by atoms with Gasteiger partial charge in [-0.25, -0.2) is 4.79 Å². The van der Waals surface area contributed by atoms with Crippen LogP contribution in [-0.4, -0.2) is 45.3 Å². The average Bonchev–Trinajstić information content (AvgIpc) is 2.98. The Labute approximate surface area is 149 Å². The average molecular weight is 368 g/mol. The predicted molar refractivity (Wildman–Crippen MR) is 94.9 cm³/mol. The molecule has 5 nitrogen and oxygen atoms in total. The number of hydrogen-bond donors (Lipinski definition) is 1. The first kappa shape index (κ1) is 18.5. The van der Waals surface area contributed by atoms with Gasteiger partial charge in [-0.3, -0.25) is 9.59 Å². The highest BCUT2D eigenvalue weighted by molar-refractivity contribution is 8.13. The summed E-state index contributed by atoms with van der Waals surface area (Å²) in [6.45, 7) is 3.38. The predicted octanol–water partition coefficient (Wildman–Crippen LogP) is 2.93. The van der Waals surface area contributed by atoms with Gasteiger partial charge in [0.25, 0.3) is 0 Å². The highest BCUT2D eigenvalue weighted by Crippen LogP contribution is 2.28. The highest BCUT2D eigenvalue weighted by Gasteiger charge is 2.36. The minimum atomic E-state index is -1.07. The molecule has 1 N–H and O–H groups in total. The molecule has 0 aromatic heterocycles. The molecular weight excluding hydrogens is 350 g/mol. The van der Waals surface area contributed by atoms with Crippen LogP contribution in [0.25, 0.3) is 5.57 Å². The molecule has 2 rings (SSSR count). The van der Waals surface area contributed by atoms with Crippen molar-refractivity contribution >= 4 is 45.9 Å². The molecule has 1 aromatic rings. The standard InChI is InChI=1S/C17H18ClNO4S/c1-10(9-24-11(2)20)16(21)19-8-13(7-15(19)17(22)23)12-3-5-14(18)6-4-12/h3-7,10,15H,8-9H2,1-2H3,(H,22,23)/t10-,15?/m1/s1. The molecule has 0 fully saturated rings. The topological polar surface area (TPSA) is 74.7 Å². The number of hydrogen-bond acceptors (Lipinski definition) is 4. The Balaban J connectivity index is 2.16. The van der Waals surface area contributed by atoms with Gasteiger partial charge in [-0.1, -0.05) is 42.4 Å². The number of nitrogens with zero attached hydrogens (tertiary/aromatic N) is 1. The van der Waals surface area contributed by atoms with E-state index in [4.69, 9.17) is 11.6 Å². The normalized spacial score (nSPS) is 18.2. The van der Waals surface area contributed by atoms with E-state index in [1.807, 2.05) is 0 Å². The molecule has 0 aliphatic carbocycles. The van der Waals surface area contributed by atoms with E-state index in [0.29, 0.717) is 10.8 Å². The summed E-state index contributed by atoms with van der Waals surface area (Å²) in [5.74, 6) is -1.43. The molecule has 128 valence electrons. The quantitative estimate of drug-likeness (QED) is 0.866. The summed E-state index contributed by atoms with van der Waals surface area (Å²) in [5, 5.41) is 9.95. The van der Waals surface area contributed by atoms with Crippen LogP contribution in [0.2, 0.25) is 5.02 Å². The van der Waals surface area contributed by atoms with Gasteiger partial charge in [0.1, 0.15) is 6.04 Å². The molecule has 0 spiro atoms. The Bertz CT molecular complexity index is 686. The van der Waals surface area contributed by atoms with Crippen molar-refractivity contribution in [1.29, 1.82) is 0 Å². The van der Waals surface area contributed by atoms with Crippen molar-refractivity contribution in [2.45, 2.75) is 19.9 Å². The minimum absolute atomic E-state index is 0.0640. The van der Waals surface area contributed by atoms with Crippen molar-refractivity contribution in [3.63, 3.8) is 0 Å². The number of carbonyl (C=O) groups excluding carboxylic acids is 2. The first-order valence-corrected chi connectivity index (χ1v) is 8.79. The van der Waals surface area contributed by atoms with Gasteiger partial charge in [0.2, 0.25) is 5.91 Å². The third kappa shape index (κ3) is 4.39. The van der Waals surface area contributed by atoms with Crippen molar-refractivity contribution in [2.24, 2.45) is 5.92 Å². The van der Waals surface area contributed by atoms with Gasteiger partial charge in [-0.15, -0.1) is 0 Å². The molecule has 1 aliphatic rings. The van der Waals surface area contributed by atoms with Crippen LogP contribution in [0.15, 0.2) is 30.3 Å². The van der Waals surface area contributed by atoms with E-state index in [-0.39, 0.29) is 17.6 Å². The Hall–Kier alpha value is -1.79. The van der Waals surface area contributed by atoms with E-state index in [0.717, 1.165) is 22.9 Å². The smallest absolute Gasteiger partial charge is 0.330 e. The van der Waals surface area contributed by atoms with E-state index >= 15 is 0 Å². The zero-order chi connectivity index (χ0) is 17.9. The molecular formula is C17H18ClNO4S. The molecule has 0 bridgehead atoms. The summed E-state index contributed by atoms with van der Waals surface area (Å²) >= 11 is 6.94. The van der Waals surface area contributed by atoms with Crippen LogP contribution in [-0.2, 0) is 14.4 Å². The number of benzene rings is 1. The lowest BCUT2D eigenvalue weighted by Gasteiger charge is -2.25. The molecule has 0 saturated carbocycles. The van der Waals surface area contributed by atoms with Crippen molar-refractivity contribution in [3.8, 4) is 0 Å². The number of thioether (sulfide) groups is 1. The lowest BCUT2D eigenvalue weighted by atomic mass is 10.1. The van der Waals surface area contributed by atoms with Gasteiger partial charge in [-0.2, -0.15) is 0 Å². The summed E-state index contributed by atoms with van der Waals surface area (Å²) in [5.41, 5.74) is 1.62. The fraction of sp³-hybridized carbons (Fsp3) is 0.353. The van der Waals surface area contributed by atoms with Crippen LogP contribution in [0, 0.1) is 5.92 Å². The van der Waals surface area contributed by atoms with Gasteiger partial charge < -0.3 is 10.0 Å². The molecule has 7 heteroatoms. The Morgan fingerprint density at radius 2 is 1.96 bits per heavy atom. The molecule has 1 aromatic carbocycles. The monoisotopic (exact) mass is 367 g/mol. The van der Waals surface area contributed by atoms with E-state index in [2.05, 4.69) is 0 Å². The van der Waals surface area contributed by atoms with Crippen LogP contribution in [0.3, 0.4) is 0 Å². The SMILES string of the molecule is CC(=O)SC[C@@H](C)C(=O)N1CC(c2ccc(Cl)cc2)=CC1C(=O)O. The lowest BCUT2D eigenvalue weighted by Crippen LogP contribution is -2.44. The van der Waals surface area contributed by atoms with Crippen LogP contribution >= 0.6 is 23.4 Å². The number of carboxylic acid groups (broad SMARTS) is 1. The molecule has 1 aliphatic heterocycles. The number of aliphatic carboxylic acids is 1. The van der Waals surface area contributed by atoms with Gasteiger partial charge in [-0.05, 0) is 29.3 Å². The maximum atomic E-state index is 12.6. The number of carboxylic acids is 1. The summed E-state index contributed by atoms with van der Waals surface area (Å²) in [6, 6.07) is 6.06. The van der Waals surface area contributed by atoms with Gasteiger partial charge in [0.05, 0.1) is 0 Å². The zero-order valence-electron chi connectivity index (χ0n) is 13.4. The maximum Gasteiger partial charge on any atom is 0.330 e. The molecule has 1 unspecified atom stereocenters. The molecule has 24 heavy (non-hydrogen) atoms. The largest absolute Gasteiger partial charge is 0.479 e. The van der Waals surface area contributed by atoms with Gasteiger partial charge in [0.15, 0.2) is 5.12 Å². The minimum Gasteiger partial charge on any atom is -0.479 e. The Kier molecular flexibility index (Phi) is 6.07. The zero-order valence-corrected chi connectivity index (χ0v) is 14.9. The summed E-state index contributed by atoms with van der Waals surface area (Å²) in [7, 11) is 0. The van der Waals surface area contributed by atoms with Crippen molar-refractivity contribution in [2.75, 3.05) is 12.3 Å². The van der Waals surface area contributed by atoms with Crippen molar-refractivity contribution in [1.82, 2.24) is 4.90 Å². The molecule has 1 amide bonds. The Morgan fingerprint density at radius 3 is 2.50 bits per heavy atom. The summed E-state index contributed by atoms with van der Waals surface area (Å²) in [6.07, 6.45) is 1.59. The second-order valence-corrected chi connectivity index (χ2v) is 7.29. The fourth-order valence-electron chi connectivity index (χ4n) is 2.48. The number of halogens is 1. The van der Waals surface area contributed by atoms with Crippen LogP contribution < -0.4 is 0 Å². The van der Waals surface area contributed by atoms with E-state index in [1.54, 1.807) is 37.3 Å². The van der Waals surface area contributed by atoms with E-state index in [9.17, 15) is 19.5 Å². The van der Waals surface area contributed by atoms with Crippen LogP contribution in [0.4, 0.5) is 0 Å². The molecule has 0 saturated heterocycles. The summed E-state index contributed by atoms with van der Waals surface area (Å²) in [4.78, 5) is 36.5. The Morgan fingerprint density at radius 1 is 1.33 bits per heavy atom. The fourth-order valence-corrected chi connectivity index (χ4v) is 3.24. The summed E-state index contributed by atoms with van der Waals surface area (Å²) < 4.78 is 0. The number of amides is 1. The first-order chi connectivity index (χ1) is 11.3. The van der Waals surface area contributed by atoms with Crippen LogP contribution in [0.5, 0.6) is 0 Å². The number of carbonyl (C=O) groups is 3. The highest BCUT2D eigenvalue weighted by atomic mass is 35.5. The van der Waals surface area contributed by atoms with Crippen molar-refractivity contribution < 1.29 is 19.5 Å². The molecule has 0 radical (unpaired) electrons. The lowest BCUT2D eigenvalue weighted by molar-refractivity contribution is -0.148. The van der Waals surface area contributed by atoms with Gasteiger partial charge in [0, 0.05) is 30.2 Å². The third-order valence-corrected chi connectivity index (χ3v) is 5.07.